The van der Waals surface area contributed by atoms with Gasteiger partial charge in [-0.05, 0) is 24.0 Å². The summed E-state index contributed by atoms with van der Waals surface area (Å²) < 4.78 is 0. The number of alkyl halides is 1. The number of unbranched alkanes of at least 4 members (excludes halogenated alkanes) is 2. The van der Waals surface area contributed by atoms with E-state index in [-0.39, 0.29) is 5.78 Å². The molecule has 0 unspecified atom stereocenters. The molecule has 0 amide bonds. The number of halogens is 1. The fraction of sp³-hybridized carbons (Fsp3) is 0.278. The van der Waals surface area contributed by atoms with Gasteiger partial charge in [-0.1, -0.05) is 76.9 Å². The smallest absolute Gasteiger partial charge is 0.162 e. The third kappa shape index (κ3) is 4.31. The van der Waals surface area contributed by atoms with Gasteiger partial charge >= 0.3 is 0 Å². The number of Topliss-reactive ketones (excluding diaryl/α,β-unsaturated/α-hetero) is 1. The van der Waals surface area contributed by atoms with Gasteiger partial charge in [0.2, 0.25) is 0 Å². The molecular weight excluding hydrogens is 312 g/mol. The fourth-order valence-electron chi connectivity index (χ4n) is 2.18. The highest BCUT2D eigenvalue weighted by Gasteiger charge is 2.05. The highest BCUT2D eigenvalue weighted by atomic mass is 79.9. The minimum atomic E-state index is 0.249. The van der Waals surface area contributed by atoms with Crippen molar-refractivity contribution >= 4 is 21.7 Å². The van der Waals surface area contributed by atoms with Crippen molar-refractivity contribution in [3.8, 4) is 11.1 Å². The number of benzene rings is 2. The van der Waals surface area contributed by atoms with E-state index in [1.165, 1.54) is 5.56 Å². The summed E-state index contributed by atoms with van der Waals surface area (Å²) in [7, 11) is 0. The Morgan fingerprint density at radius 1 is 0.800 bits per heavy atom. The average Bonchev–Trinajstić information content (AvgIpc) is 2.52. The van der Waals surface area contributed by atoms with Crippen LogP contribution in [-0.2, 0) is 0 Å². The molecule has 0 aliphatic carbocycles. The Bertz CT molecular complexity index is 531. The Morgan fingerprint density at radius 2 is 1.45 bits per heavy atom. The van der Waals surface area contributed by atoms with E-state index in [9.17, 15) is 4.79 Å². The topological polar surface area (TPSA) is 17.1 Å². The Kier molecular flexibility index (Phi) is 6.00. The molecule has 0 N–H and O–H groups in total. The number of hydrogen-bond acceptors (Lipinski definition) is 1. The summed E-state index contributed by atoms with van der Waals surface area (Å²) in [6.07, 6.45) is 3.88. The Hall–Kier alpha value is -1.41. The minimum Gasteiger partial charge on any atom is -0.294 e. The van der Waals surface area contributed by atoms with Gasteiger partial charge in [0.05, 0.1) is 0 Å². The molecule has 0 aliphatic heterocycles. The summed E-state index contributed by atoms with van der Waals surface area (Å²) in [6, 6.07) is 18.2. The molecule has 0 heterocycles. The van der Waals surface area contributed by atoms with E-state index in [2.05, 4.69) is 28.1 Å². The van der Waals surface area contributed by atoms with Gasteiger partial charge in [0.15, 0.2) is 5.78 Å². The van der Waals surface area contributed by atoms with Crippen LogP contribution in [0, 0.1) is 0 Å². The molecule has 0 saturated heterocycles. The van der Waals surface area contributed by atoms with Crippen LogP contribution in [-0.4, -0.2) is 11.1 Å². The molecule has 0 aromatic heterocycles. The van der Waals surface area contributed by atoms with E-state index in [1.807, 2.05) is 42.5 Å². The van der Waals surface area contributed by atoms with Crippen molar-refractivity contribution in [1.29, 1.82) is 0 Å². The number of rotatable bonds is 7. The molecule has 0 fully saturated rings. The lowest BCUT2D eigenvalue weighted by atomic mass is 10.0. The van der Waals surface area contributed by atoms with Crippen molar-refractivity contribution in [3.63, 3.8) is 0 Å². The third-order valence-corrected chi connectivity index (χ3v) is 3.91. The largest absolute Gasteiger partial charge is 0.294 e. The van der Waals surface area contributed by atoms with Crippen molar-refractivity contribution in [1.82, 2.24) is 0 Å². The maximum atomic E-state index is 12.0. The van der Waals surface area contributed by atoms with Crippen LogP contribution < -0.4 is 0 Å². The highest BCUT2D eigenvalue weighted by molar-refractivity contribution is 9.09. The highest BCUT2D eigenvalue weighted by Crippen LogP contribution is 2.20. The molecule has 2 heteroatoms. The zero-order valence-electron chi connectivity index (χ0n) is 11.5. The Labute approximate surface area is 129 Å². The molecule has 0 saturated carbocycles. The fourth-order valence-corrected chi connectivity index (χ4v) is 2.58. The molecule has 20 heavy (non-hydrogen) atoms. The average molecular weight is 331 g/mol. The van der Waals surface area contributed by atoms with Crippen molar-refractivity contribution < 1.29 is 4.79 Å². The molecule has 2 aromatic carbocycles. The molecule has 0 bridgehead atoms. The van der Waals surface area contributed by atoms with Gasteiger partial charge < -0.3 is 0 Å². The predicted octanol–water partition coefficient (Wildman–Crippen LogP) is 5.49. The second kappa shape index (κ2) is 8.01. The van der Waals surface area contributed by atoms with E-state index in [0.717, 1.165) is 35.7 Å². The van der Waals surface area contributed by atoms with Crippen LogP contribution in [0.4, 0.5) is 0 Å². The normalized spacial score (nSPS) is 10.4. The molecule has 104 valence electrons. The first-order valence-electron chi connectivity index (χ1n) is 7.06. The lowest BCUT2D eigenvalue weighted by Gasteiger charge is -2.04. The van der Waals surface area contributed by atoms with E-state index in [0.29, 0.717) is 6.42 Å². The second-order valence-corrected chi connectivity index (χ2v) is 5.66. The zero-order chi connectivity index (χ0) is 14.2. The molecule has 0 aliphatic rings. The van der Waals surface area contributed by atoms with Crippen LogP contribution >= 0.6 is 15.9 Å². The van der Waals surface area contributed by atoms with Crippen LogP contribution in [0.1, 0.15) is 36.0 Å². The van der Waals surface area contributed by atoms with E-state index < -0.39 is 0 Å². The molecule has 0 spiro atoms. The van der Waals surface area contributed by atoms with E-state index in [4.69, 9.17) is 0 Å². The van der Waals surface area contributed by atoms with E-state index in [1.54, 1.807) is 0 Å². The van der Waals surface area contributed by atoms with Gasteiger partial charge in [-0.2, -0.15) is 0 Å². The van der Waals surface area contributed by atoms with Gasteiger partial charge in [-0.15, -0.1) is 0 Å². The Morgan fingerprint density at radius 3 is 2.10 bits per heavy atom. The van der Waals surface area contributed by atoms with Gasteiger partial charge in [0.25, 0.3) is 0 Å². The van der Waals surface area contributed by atoms with Crippen LogP contribution in [0.25, 0.3) is 11.1 Å². The number of hydrogen-bond donors (Lipinski definition) is 0. The van der Waals surface area contributed by atoms with Crippen LogP contribution in [0.5, 0.6) is 0 Å². The number of carbonyl (C=O) groups is 1. The van der Waals surface area contributed by atoms with Gasteiger partial charge in [0.1, 0.15) is 0 Å². The first-order chi connectivity index (χ1) is 9.81. The maximum Gasteiger partial charge on any atom is 0.162 e. The van der Waals surface area contributed by atoms with Crippen molar-refractivity contribution in [3.05, 3.63) is 60.2 Å². The van der Waals surface area contributed by atoms with Gasteiger partial charge in [0, 0.05) is 17.3 Å². The minimum absolute atomic E-state index is 0.249. The third-order valence-electron chi connectivity index (χ3n) is 3.35. The molecule has 0 atom stereocenters. The first-order valence-corrected chi connectivity index (χ1v) is 8.18. The van der Waals surface area contributed by atoms with Crippen molar-refractivity contribution in [2.24, 2.45) is 0 Å². The second-order valence-electron chi connectivity index (χ2n) is 4.87. The molecule has 2 rings (SSSR count). The number of carbonyl (C=O) groups excluding carboxylic acids is 1. The summed E-state index contributed by atoms with van der Waals surface area (Å²) in [6.45, 7) is 0. The standard InChI is InChI=1S/C18H19BrO/c19-14-6-2-5-9-18(20)17-12-10-16(11-13-17)15-7-3-1-4-8-15/h1,3-4,7-8,10-13H,2,5-6,9,14H2. The van der Waals surface area contributed by atoms with E-state index >= 15 is 0 Å². The summed E-state index contributed by atoms with van der Waals surface area (Å²) in [5.74, 6) is 0.249. The summed E-state index contributed by atoms with van der Waals surface area (Å²) in [5.41, 5.74) is 3.16. The van der Waals surface area contributed by atoms with Gasteiger partial charge in [-0.25, -0.2) is 0 Å². The van der Waals surface area contributed by atoms with Crippen LogP contribution in [0.2, 0.25) is 0 Å². The number of ketones is 1. The van der Waals surface area contributed by atoms with Crippen LogP contribution in [0.15, 0.2) is 54.6 Å². The predicted molar refractivity (Wildman–Crippen MR) is 88.5 cm³/mol. The zero-order valence-corrected chi connectivity index (χ0v) is 13.1. The monoisotopic (exact) mass is 330 g/mol. The summed E-state index contributed by atoms with van der Waals surface area (Å²) >= 11 is 3.41. The lowest BCUT2D eigenvalue weighted by Crippen LogP contribution is -1.98. The maximum absolute atomic E-state index is 12.0. The lowest BCUT2D eigenvalue weighted by molar-refractivity contribution is 0.0979. The molecule has 1 nitrogen and oxygen atoms in total. The SMILES string of the molecule is O=C(CCCCCBr)c1ccc(-c2ccccc2)cc1. The Balaban J connectivity index is 1.96. The van der Waals surface area contributed by atoms with Crippen LogP contribution in [0.3, 0.4) is 0 Å². The van der Waals surface area contributed by atoms with Gasteiger partial charge in [-0.3, -0.25) is 4.79 Å². The first kappa shape index (κ1) is 15.0. The van der Waals surface area contributed by atoms with Crippen molar-refractivity contribution in [2.75, 3.05) is 5.33 Å². The molecule has 2 aromatic rings. The molecular formula is C18H19BrO. The summed E-state index contributed by atoms with van der Waals surface area (Å²) in [5, 5.41) is 1.02. The molecule has 0 radical (unpaired) electrons. The quantitative estimate of drug-likeness (QED) is 0.372. The summed E-state index contributed by atoms with van der Waals surface area (Å²) in [4.78, 5) is 12.0. The van der Waals surface area contributed by atoms with Crippen molar-refractivity contribution in [2.45, 2.75) is 25.7 Å².